The number of likely N-dealkylation sites (N-methyl/N-ethyl adjacent to an activating group) is 1. The Morgan fingerprint density at radius 3 is 2.61 bits per heavy atom. The number of carbonyl (C=O) groups excluding carboxylic acids is 1. The molecule has 0 N–H and O–H groups in total. The summed E-state index contributed by atoms with van der Waals surface area (Å²) in [6.45, 7) is 2.48. The maximum atomic E-state index is 13.4. The molecule has 0 aliphatic rings. The fraction of sp³-hybridized carbons (Fsp3) is 0.278. The summed E-state index contributed by atoms with van der Waals surface area (Å²) in [6.07, 6.45) is 0. The monoisotopic (exact) mass is 317 g/mol. The van der Waals surface area contributed by atoms with E-state index < -0.39 is 5.82 Å². The van der Waals surface area contributed by atoms with Crippen molar-refractivity contribution in [3.8, 4) is 11.5 Å². The van der Waals surface area contributed by atoms with Gasteiger partial charge in [-0.25, -0.2) is 4.39 Å². The second kappa shape index (κ2) is 7.63. The lowest BCUT2D eigenvalue weighted by Crippen LogP contribution is -2.31. The molecule has 0 aliphatic carbocycles. The summed E-state index contributed by atoms with van der Waals surface area (Å²) in [4.78, 5) is 13.9. The van der Waals surface area contributed by atoms with E-state index in [1.165, 1.54) is 11.0 Å². The maximum absolute atomic E-state index is 13.4. The van der Waals surface area contributed by atoms with Crippen molar-refractivity contribution in [1.29, 1.82) is 0 Å². The van der Waals surface area contributed by atoms with Gasteiger partial charge in [0.1, 0.15) is 12.4 Å². The van der Waals surface area contributed by atoms with Gasteiger partial charge >= 0.3 is 0 Å². The molecule has 0 aromatic heterocycles. The zero-order valence-corrected chi connectivity index (χ0v) is 13.5. The van der Waals surface area contributed by atoms with Crippen LogP contribution in [0.15, 0.2) is 42.5 Å². The lowest BCUT2D eigenvalue weighted by molar-refractivity contribution is 0.0772. The van der Waals surface area contributed by atoms with E-state index in [4.69, 9.17) is 9.47 Å². The van der Waals surface area contributed by atoms with Crippen LogP contribution < -0.4 is 9.47 Å². The number of amides is 1. The number of benzene rings is 2. The molecule has 23 heavy (non-hydrogen) atoms. The number of methoxy groups -OCH3 is 1. The van der Waals surface area contributed by atoms with Gasteiger partial charge in [0.2, 0.25) is 0 Å². The third-order valence-corrected chi connectivity index (χ3v) is 3.52. The summed E-state index contributed by atoms with van der Waals surface area (Å²) in [5, 5.41) is 0. The summed E-state index contributed by atoms with van der Waals surface area (Å²) in [5.74, 6) is 0.308. The van der Waals surface area contributed by atoms with Gasteiger partial charge < -0.3 is 14.4 Å². The van der Waals surface area contributed by atoms with E-state index in [2.05, 4.69) is 0 Å². The Hall–Kier alpha value is -2.56. The molecule has 0 aliphatic heterocycles. The van der Waals surface area contributed by atoms with Crippen LogP contribution >= 0.6 is 0 Å². The highest BCUT2D eigenvalue weighted by atomic mass is 19.1. The number of ether oxygens (including phenoxy) is 2. The van der Waals surface area contributed by atoms with Gasteiger partial charge in [0.05, 0.1) is 13.7 Å². The van der Waals surface area contributed by atoms with Crippen molar-refractivity contribution in [3.05, 3.63) is 59.4 Å². The number of rotatable bonds is 6. The molecule has 1 amide bonds. The van der Waals surface area contributed by atoms with Gasteiger partial charge in [-0.2, -0.15) is 0 Å². The predicted octanol–water partition coefficient (Wildman–Crippen LogP) is 3.29. The maximum Gasteiger partial charge on any atom is 0.253 e. The van der Waals surface area contributed by atoms with Crippen molar-refractivity contribution in [2.24, 2.45) is 0 Å². The van der Waals surface area contributed by atoms with Crippen LogP contribution in [0.5, 0.6) is 11.5 Å². The van der Waals surface area contributed by atoms with Crippen LogP contribution in [0.25, 0.3) is 0 Å². The lowest BCUT2D eigenvalue weighted by atomic mass is 10.1. The number of carbonyl (C=O) groups is 1. The molecular formula is C18H20FNO3. The topological polar surface area (TPSA) is 38.8 Å². The van der Waals surface area contributed by atoms with E-state index >= 15 is 0 Å². The van der Waals surface area contributed by atoms with E-state index in [9.17, 15) is 9.18 Å². The van der Waals surface area contributed by atoms with Gasteiger partial charge in [0.15, 0.2) is 11.6 Å². The number of nitrogens with zero attached hydrogens (tertiary/aromatic N) is 1. The minimum atomic E-state index is -0.412. The van der Waals surface area contributed by atoms with Crippen LogP contribution in [0, 0.1) is 12.7 Å². The normalized spacial score (nSPS) is 10.3. The van der Waals surface area contributed by atoms with E-state index in [0.29, 0.717) is 17.9 Å². The van der Waals surface area contributed by atoms with Crippen LogP contribution in [0.4, 0.5) is 4.39 Å². The average Bonchev–Trinajstić information content (AvgIpc) is 2.56. The third-order valence-electron chi connectivity index (χ3n) is 3.52. The number of halogens is 1. The van der Waals surface area contributed by atoms with Gasteiger partial charge in [-0.05, 0) is 36.8 Å². The Bertz CT molecular complexity index is 688. The fourth-order valence-electron chi connectivity index (χ4n) is 2.13. The number of hydrogen-bond donors (Lipinski definition) is 0. The first-order chi connectivity index (χ1) is 11.0. The average molecular weight is 317 g/mol. The molecule has 0 heterocycles. The summed E-state index contributed by atoms with van der Waals surface area (Å²) in [6, 6.07) is 11.5. The zero-order valence-electron chi connectivity index (χ0n) is 13.5. The Labute approximate surface area is 135 Å². The summed E-state index contributed by atoms with van der Waals surface area (Å²) >= 11 is 0. The molecule has 0 fully saturated rings. The van der Waals surface area contributed by atoms with E-state index in [0.717, 1.165) is 5.56 Å². The van der Waals surface area contributed by atoms with E-state index in [1.807, 2.05) is 13.0 Å². The van der Waals surface area contributed by atoms with Crippen molar-refractivity contribution < 1.29 is 18.7 Å². The molecule has 2 rings (SSSR count). The van der Waals surface area contributed by atoms with Gasteiger partial charge in [-0.15, -0.1) is 0 Å². The molecular weight excluding hydrogens is 297 g/mol. The van der Waals surface area contributed by atoms with Crippen molar-refractivity contribution in [2.75, 3.05) is 27.3 Å². The Morgan fingerprint density at radius 2 is 1.91 bits per heavy atom. The fourth-order valence-corrected chi connectivity index (χ4v) is 2.13. The minimum Gasteiger partial charge on any atom is -0.496 e. The molecule has 0 radical (unpaired) electrons. The van der Waals surface area contributed by atoms with Crippen molar-refractivity contribution in [1.82, 2.24) is 4.90 Å². The van der Waals surface area contributed by atoms with Gasteiger partial charge in [0, 0.05) is 12.6 Å². The first-order valence-electron chi connectivity index (χ1n) is 7.30. The largest absolute Gasteiger partial charge is 0.496 e. The van der Waals surface area contributed by atoms with E-state index in [-0.39, 0.29) is 18.3 Å². The molecule has 0 bridgehead atoms. The van der Waals surface area contributed by atoms with Crippen molar-refractivity contribution in [2.45, 2.75) is 6.92 Å². The van der Waals surface area contributed by atoms with Crippen molar-refractivity contribution >= 4 is 5.91 Å². The smallest absolute Gasteiger partial charge is 0.253 e. The highest BCUT2D eigenvalue weighted by molar-refractivity contribution is 5.94. The Kier molecular flexibility index (Phi) is 5.57. The SMILES string of the molecule is COc1cc(C(=O)N(C)CCOc2ccccc2F)ccc1C. The lowest BCUT2D eigenvalue weighted by Gasteiger charge is -2.18. The summed E-state index contributed by atoms with van der Waals surface area (Å²) in [5.41, 5.74) is 1.51. The molecule has 2 aromatic rings. The second-order valence-electron chi connectivity index (χ2n) is 5.19. The molecule has 2 aromatic carbocycles. The molecule has 122 valence electrons. The first-order valence-corrected chi connectivity index (χ1v) is 7.30. The third kappa shape index (κ3) is 4.22. The van der Waals surface area contributed by atoms with Crippen LogP contribution in [0.2, 0.25) is 0 Å². The highest BCUT2D eigenvalue weighted by Gasteiger charge is 2.13. The quantitative estimate of drug-likeness (QED) is 0.820. The van der Waals surface area contributed by atoms with Crippen molar-refractivity contribution in [3.63, 3.8) is 0 Å². The second-order valence-corrected chi connectivity index (χ2v) is 5.19. The molecule has 0 saturated carbocycles. The van der Waals surface area contributed by atoms with Crippen LogP contribution in [-0.4, -0.2) is 38.1 Å². The number of para-hydroxylation sites is 1. The molecule has 0 saturated heterocycles. The Morgan fingerprint density at radius 1 is 1.17 bits per heavy atom. The Balaban J connectivity index is 1.94. The highest BCUT2D eigenvalue weighted by Crippen LogP contribution is 2.20. The first kappa shape index (κ1) is 16.8. The molecule has 5 heteroatoms. The predicted molar refractivity (Wildman–Crippen MR) is 86.6 cm³/mol. The summed E-state index contributed by atoms with van der Waals surface area (Å²) < 4.78 is 24.0. The van der Waals surface area contributed by atoms with Gasteiger partial charge in [-0.1, -0.05) is 18.2 Å². The molecule has 0 spiro atoms. The molecule has 0 atom stereocenters. The standard InChI is InChI=1S/C18H20FNO3/c1-13-8-9-14(12-17(13)22-3)18(21)20(2)10-11-23-16-7-5-4-6-15(16)19/h4-9,12H,10-11H2,1-3H3. The van der Waals surface area contributed by atoms with Crippen LogP contribution in [0.1, 0.15) is 15.9 Å². The number of hydrogen-bond acceptors (Lipinski definition) is 3. The number of aryl methyl sites for hydroxylation is 1. The van der Waals surface area contributed by atoms with E-state index in [1.54, 1.807) is 44.5 Å². The van der Waals surface area contributed by atoms with Gasteiger partial charge in [-0.3, -0.25) is 4.79 Å². The molecule has 0 unspecified atom stereocenters. The van der Waals surface area contributed by atoms with Gasteiger partial charge in [0.25, 0.3) is 5.91 Å². The zero-order chi connectivity index (χ0) is 16.8. The minimum absolute atomic E-state index is 0.138. The molecule has 4 nitrogen and oxygen atoms in total. The summed E-state index contributed by atoms with van der Waals surface area (Å²) in [7, 11) is 3.25. The van der Waals surface area contributed by atoms with Crippen LogP contribution in [-0.2, 0) is 0 Å². The van der Waals surface area contributed by atoms with Crippen LogP contribution in [0.3, 0.4) is 0 Å².